The Labute approximate surface area is 326 Å². The molecule has 11 rings (SSSR count). The molecule has 1 heterocycles. The average molecular weight is 717 g/mol. The lowest BCUT2D eigenvalue weighted by atomic mass is 9.65. The van der Waals surface area contributed by atoms with E-state index in [9.17, 15) is 0 Å². The number of rotatable bonds is 6. The molecule has 0 saturated heterocycles. The minimum Gasteiger partial charge on any atom is -0.457 e. The molecular weight excluding hydrogens is 681 g/mol. The molecule has 9 aromatic rings. The molecule has 0 saturated carbocycles. The predicted octanol–water partition coefficient (Wildman–Crippen LogP) is 14.2. The van der Waals surface area contributed by atoms with Crippen LogP contribution in [0.2, 0.25) is 0 Å². The lowest BCUT2D eigenvalue weighted by Gasteiger charge is -2.40. The van der Waals surface area contributed by atoms with Crippen molar-refractivity contribution >= 4 is 44.9 Å². The zero-order valence-electron chi connectivity index (χ0n) is 30.6. The van der Waals surface area contributed by atoms with Gasteiger partial charge in [0, 0.05) is 51.3 Å². The van der Waals surface area contributed by atoms with Gasteiger partial charge in [0.25, 0.3) is 0 Å². The van der Waals surface area contributed by atoms with Crippen LogP contribution in [0.25, 0.3) is 21.9 Å². The monoisotopic (exact) mass is 716 g/mol. The predicted molar refractivity (Wildman–Crippen MR) is 231 cm³/mol. The van der Waals surface area contributed by atoms with Crippen LogP contribution in [0, 0.1) is 0 Å². The van der Waals surface area contributed by atoms with E-state index in [2.05, 4.69) is 228 Å². The third-order valence-corrected chi connectivity index (χ3v) is 11.4. The maximum Gasteiger partial charge on any atom is 0.134 e. The smallest absolute Gasteiger partial charge is 0.134 e. The lowest BCUT2D eigenvalue weighted by molar-refractivity contribution is 0.437. The third-order valence-electron chi connectivity index (χ3n) is 11.4. The molecule has 9 aromatic carbocycles. The molecule has 1 spiro atoms. The van der Waals surface area contributed by atoms with Crippen molar-refractivity contribution in [3.63, 3.8) is 0 Å². The average Bonchev–Trinajstić information content (AvgIpc) is 3.55. The molecule has 1 aliphatic carbocycles. The summed E-state index contributed by atoms with van der Waals surface area (Å²) in [5.41, 5.74) is 13.1. The van der Waals surface area contributed by atoms with Gasteiger partial charge in [-0.1, -0.05) is 133 Å². The van der Waals surface area contributed by atoms with E-state index in [0.29, 0.717) is 0 Å². The summed E-state index contributed by atoms with van der Waals surface area (Å²) in [7, 11) is 0. The molecule has 0 N–H and O–H groups in total. The number of anilines is 6. The molecule has 56 heavy (non-hydrogen) atoms. The molecule has 3 nitrogen and oxygen atoms in total. The van der Waals surface area contributed by atoms with Crippen molar-refractivity contribution in [2.24, 2.45) is 0 Å². The topological polar surface area (TPSA) is 15.7 Å². The van der Waals surface area contributed by atoms with Crippen LogP contribution in [-0.4, -0.2) is 0 Å². The minimum absolute atomic E-state index is 0.656. The van der Waals surface area contributed by atoms with Gasteiger partial charge in [0.15, 0.2) is 0 Å². The van der Waals surface area contributed by atoms with Crippen LogP contribution in [0.4, 0.5) is 34.1 Å². The summed E-state index contributed by atoms with van der Waals surface area (Å²) in [6.45, 7) is 0. The first kappa shape index (κ1) is 32.1. The number of ether oxygens (including phenoxy) is 1. The van der Waals surface area contributed by atoms with E-state index in [1.165, 1.54) is 27.6 Å². The number of hydrogen-bond donors (Lipinski definition) is 0. The number of hydrogen-bond acceptors (Lipinski definition) is 3. The molecule has 1 unspecified atom stereocenters. The van der Waals surface area contributed by atoms with Crippen molar-refractivity contribution in [2.45, 2.75) is 5.41 Å². The number of benzene rings is 9. The number of nitrogens with zero attached hydrogens (tertiary/aromatic N) is 2. The van der Waals surface area contributed by atoms with Gasteiger partial charge in [-0.3, -0.25) is 0 Å². The second-order valence-electron chi connectivity index (χ2n) is 14.5. The van der Waals surface area contributed by atoms with E-state index in [1.54, 1.807) is 0 Å². The zero-order valence-corrected chi connectivity index (χ0v) is 30.6. The van der Waals surface area contributed by atoms with Crippen molar-refractivity contribution in [2.75, 3.05) is 9.80 Å². The van der Waals surface area contributed by atoms with Crippen LogP contribution in [-0.2, 0) is 5.41 Å². The molecule has 0 fully saturated rings. The summed E-state index contributed by atoms with van der Waals surface area (Å²) in [5, 5.41) is 2.33. The molecule has 0 aromatic heterocycles. The Hall–Kier alpha value is -7.36. The fourth-order valence-corrected chi connectivity index (χ4v) is 9.09. The molecule has 1 atom stereocenters. The quantitative estimate of drug-likeness (QED) is 0.170. The first-order valence-electron chi connectivity index (χ1n) is 19.2. The van der Waals surface area contributed by atoms with E-state index >= 15 is 0 Å². The second kappa shape index (κ2) is 12.9. The van der Waals surface area contributed by atoms with Crippen molar-refractivity contribution in [1.29, 1.82) is 0 Å². The molecule has 3 heteroatoms. The van der Waals surface area contributed by atoms with Gasteiger partial charge in [-0.05, 0) is 112 Å². The Morgan fingerprint density at radius 2 is 0.732 bits per heavy atom. The molecule has 2 aliphatic rings. The Morgan fingerprint density at radius 1 is 0.286 bits per heavy atom. The highest BCUT2D eigenvalue weighted by Gasteiger charge is 2.51. The molecule has 1 aliphatic heterocycles. The molecule has 264 valence electrons. The van der Waals surface area contributed by atoms with E-state index in [1.807, 2.05) is 0 Å². The molecule has 0 radical (unpaired) electrons. The lowest BCUT2D eigenvalue weighted by Crippen LogP contribution is -2.32. The Morgan fingerprint density at radius 3 is 1.32 bits per heavy atom. The molecule has 0 amide bonds. The van der Waals surface area contributed by atoms with Gasteiger partial charge in [0.1, 0.15) is 11.5 Å². The van der Waals surface area contributed by atoms with Crippen LogP contribution >= 0.6 is 0 Å². The highest BCUT2D eigenvalue weighted by atomic mass is 16.5. The van der Waals surface area contributed by atoms with Crippen LogP contribution < -0.4 is 14.5 Å². The minimum atomic E-state index is -0.656. The summed E-state index contributed by atoms with van der Waals surface area (Å²) >= 11 is 0. The summed E-state index contributed by atoms with van der Waals surface area (Å²) in [6.07, 6.45) is 0. The van der Waals surface area contributed by atoms with Gasteiger partial charge in [-0.15, -0.1) is 0 Å². The fourth-order valence-electron chi connectivity index (χ4n) is 9.09. The van der Waals surface area contributed by atoms with Crippen molar-refractivity contribution in [3.8, 4) is 22.6 Å². The largest absolute Gasteiger partial charge is 0.457 e. The van der Waals surface area contributed by atoms with E-state index in [4.69, 9.17) is 4.74 Å². The van der Waals surface area contributed by atoms with E-state index in [-0.39, 0.29) is 0 Å². The van der Waals surface area contributed by atoms with Gasteiger partial charge in [0.2, 0.25) is 0 Å². The van der Waals surface area contributed by atoms with Gasteiger partial charge in [0.05, 0.1) is 5.41 Å². The Kier molecular flexibility index (Phi) is 7.39. The number of fused-ring (bicyclic) bond motifs is 10. The Bertz CT molecular complexity index is 2810. The van der Waals surface area contributed by atoms with Gasteiger partial charge < -0.3 is 14.5 Å². The summed E-state index contributed by atoms with van der Waals surface area (Å²) in [4.78, 5) is 4.66. The van der Waals surface area contributed by atoms with Gasteiger partial charge in [-0.2, -0.15) is 0 Å². The van der Waals surface area contributed by atoms with Crippen LogP contribution in [0.3, 0.4) is 0 Å². The van der Waals surface area contributed by atoms with Crippen molar-refractivity contribution < 1.29 is 4.74 Å². The third kappa shape index (κ3) is 4.91. The maximum absolute atomic E-state index is 7.14. The highest BCUT2D eigenvalue weighted by molar-refractivity contribution is 5.94. The van der Waals surface area contributed by atoms with Gasteiger partial charge in [-0.25, -0.2) is 0 Å². The maximum atomic E-state index is 7.14. The van der Waals surface area contributed by atoms with Crippen molar-refractivity contribution in [3.05, 3.63) is 241 Å². The fraction of sp³-hybridized carbons (Fsp3) is 0.0189. The Balaban J connectivity index is 1.20. The summed E-state index contributed by atoms with van der Waals surface area (Å²) in [5.74, 6) is 1.72. The van der Waals surface area contributed by atoms with Gasteiger partial charge >= 0.3 is 0 Å². The van der Waals surface area contributed by atoms with Crippen LogP contribution in [0.5, 0.6) is 11.5 Å². The highest BCUT2D eigenvalue weighted by Crippen LogP contribution is 2.63. The van der Waals surface area contributed by atoms with Crippen LogP contribution in [0.15, 0.2) is 218 Å². The second-order valence-corrected chi connectivity index (χ2v) is 14.5. The first-order valence-corrected chi connectivity index (χ1v) is 19.2. The van der Waals surface area contributed by atoms with E-state index in [0.717, 1.165) is 62.1 Å². The van der Waals surface area contributed by atoms with Crippen LogP contribution in [0.1, 0.15) is 22.3 Å². The van der Waals surface area contributed by atoms with E-state index < -0.39 is 5.41 Å². The SMILES string of the molecule is c1ccc(N(c2ccccc2)c2ccc3c(c2)Oc2cc4ccccc4cc2C32c3ccccc3-c3ccc(N(c4ccccc4)c4ccccc4)cc32)cc1. The molecular formula is C53H36N2O. The standard InChI is InChI=1S/C53H36N2O/c1-5-19-39(20-6-1)54(40-21-7-2-8-22-40)43-29-31-46-45-27-15-16-28-47(45)53(49(46)35-43)48-32-30-44(55(41-23-9-3-10-24-41)42-25-11-4-12-26-42)36-52(48)56-51-34-38-18-14-13-17-37(38)33-50(51)53/h1-36H. The summed E-state index contributed by atoms with van der Waals surface area (Å²) < 4.78 is 7.14. The normalized spacial score (nSPS) is 14.6. The summed E-state index contributed by atoms with van der Waals surface area (Å²) in [6, 6.07) is 78.5. The number of para-hydroxylation sites is 4. The zero-order chi connectivity index (χ0) is 37.1. The molecule has 0 bridgehead atoms. The van der Waals surface area contributed by atoms with Crippen molar-refractivity contribution in [1.82, 2.24) is 0 Å². The first-order chi connectivity index (χ1) is 27.8.